The molecule has 280 valence electrons. The van der Waals surface area contributed by atoms with Crippen LogP contribution in [0.1, 0.15) is 69.6 Å². The molecule has 0 radical (unpaired) electrons. The molecule has 5 amide bonds. The zero-order valence-electron chi connectivity index (χ0n) is 27.4. The lowest BCUT2D eigenvalue weighted by molar-refractivity contribution is -0.128. The molecule has 0 saturated heterocycles. The first-order chi connectivity index (χ1) is 24.5. The van der Waals surface area contributed by atoms with Crippen molar-refractivity contribution in [3.63, 3.8) is 0 Å². The molecule has 15 N–H and O–H groups in total. The summed E-state index contributed by atoms with van der Waals surface area (Å²) in [7, 11) is 0. The fourth-order valence-electron chi connectivity index (χ4n) is 4.83. The summed E-state index contributed by atoms with van der Waals surface area (Å²) in [5, 5.41) is 96.6. The van der Waals surface area contributed by atoms with Crippen molar-refractivity contribution >= 4 is 29.5 Å². The highest BCUT2D eigenvalue weighted by Gasteiger charge is 2.27. The van der Waals surface area contributed by atoms with Gasteiger partial charge in [-0.2, -0.15) is 0 Å². The summed E-state index contributed by atoms with van der Waals surface area (Å²) in [6.45, 7) is 0.121. The Morgan fingerprint density at radius 3 is 1.15 bits per heavy atom. The minimum atomic E-state index is -1.31. The van der Waals surface area contributed by atoms with Crippen molar-refractivity contribution in [1.29, 1.82) is 0 Å². The zero-order chi connectivity index (χ0) is 38.7. The number of primary amides is 1. The molecule has 19 nitrogen and oxygen atoms in total. The van der Waals surface area contributed by atoms with E-state index in [-0.39, 0.29) is 61.9 Å². The van der Waals surface area contributed by atoms with Gasteiger partial charge in [-0.15, -0.1) is 0 Å². The Labute approximate surface area is 295 Å². The standard InChI is InChI=1S/C33H39N5O14/c34-29(48)18(5-1-3-7-35-30(49)15-9-20(39)26(45)21(40)10-15)37-33(52)19(38-32(51)17-13-24(43)28(47)25(44)14-17)6-2-4-8-36-31(50)16-11-22(41)27(46)23(42)12-16/h9-14,18-19,39-47H,1-8H2,(H2,34,48)(H,35,49)(H,36,50)(H,37,52)(H,38,51)/t18-,19-/m1/s1. The van der Waals surface area contributed by atoms with Crippen LogP contribution < -0.4 is 27.0 Å². The summed E-state index contributed by atoms with van der Waals surface area (Å²) >= 11 is 0. The predicted molar refractivity (Wildman–Crippen MR) is 179 cm³/mol. The molecular formula is C33H39N5O14. The van der Waals surface area contributed by atoms with E-state index in [4.69, 9.17) is 5.73 Å². The van der Waals surface area contributed by atoms with Crippen LogP contribution in [0.15, 0.2) is 36.4 Å². The number of aromatic hydroxyl groups is 9. The second kappa shape index (κ2) is 17.7. The van der Waals surface area contributed by atoms with E-state index in [0.717, 1.165) is 36.4 Å². The minimum absolute atomic E-state index is 0.0203. The topological polar surface area (TPSA) is 342 Å². The van der Waals surface area contributed by atoms with Crippen LogP contribution in [0.3, 0.4) is 0 Å². The maximum Gasteiger partial charge on any atom is 0.252 e. The van der Waals surface area contributed by atoms with Crippen molar-refractivity contribution in [2.24, 2.45) is 5.73 Å². The predicted octanol–water partition coefficient (Wildman–Crippen LogP) is 0.306. The van der Waals surface area contributed by atoms with E-state index in [1.54, 1.807) is 0 Å². The average Bonchev–Trinajstić information content (AvgIpc) is 3.09. The van der Waals surface area contributed by atoms with Crippen LogP contribution >= 0.6 is 0 Å². The van der Waals surface area contributed by atoms with Gasteiger partial charge in [0.15, 0.2) is 51.7 Å². The fourth-order valence-corrected chi connectivity index (χ4v) is 4.83. The van der Waals surface area contributed by atoms with Gasteiger partial charge in [-0.3, -0.25) is 24.0 Å². The van der Waals surface area contributed by atoms with Gasteiger partial charge in [0.2, 0.25) is 11.8 Å². The van der Waals surface area contributed by atoms with Gasteiger partial charge in [0, 0.05) is 29.8 Å². The number of hydrogen-bond donors (Lipinski definition) is 14. The number of benzene rings is 3. The Balaban J connectivity index is 1.60. The molecule has 0 aromatic heterocycles. The van der Waals surface area contributed by atoms with Crippen molar-refractivity contribution in [1.82, 2.24) is 21.3 Å². The van der Waals surface area contributed by atoms with E-state index in [9.17, 15) is 69.9 Å². The summed E-state index contributed by atoms with van der Waals surface area (Å²) in [6.07, 6.45) is 0.978. The molecule has 0 aliphatic heterocycles. The van der Waals surface area contributed by atoms with Crippen LogP contribution in [0.5, 0.6) is 51.7 Å². The maximum absolute atomic E-state index is 13.3. The number of unbranched alkanes of at least 4 members (excludes halogenated alkanes) is 2. The second-order valence-corrected chi connectivity index (χ2v) is 11.6. The van der Waals surface area contributed by atoms with Gasteiger partial charge < -0.3 is 73.0 Å². The highest BCUT2D eigenvalue weighted by Crippen LogP contribution is 2.37. The molecule has 3 rings (SSSR count). The molecule has 0 heterocycles. The smallest absolute Gasteiger partial charge is 0.252 e. The number of nitrogens with one attached hydrogen (secondary N) is 4. The van der Waals surface area contributed by atoms with Gasteiger partial charge in [0.25, 0.3) is 17.7 Å². The number of nitrogens with two attached hydrogens (primary N) is 1. The lowest BCUT2D eigenvalue weighted by Crippen LogP contribution is -2.53. The third-order valence-corrected chi connectivity index (χ3v) is 7.69. The monoisotopic (exact) mass is 729 g/mol. The first-order valence-electron chi connectivity index (χ1n) is 15.7. The average molecular weight is 730 g/mol. The van der Waals surface area contributed by atoms with Crippen LogP contribution in [0.2, 0.25) is 0 Å². The van der Waals surface area contributed by atoms with E-state index in [0.29, 0.717) is 6.42 Å². The Morgan fingerprint density at radius 2 is 0.808 bits per heavy atom. The van der Waals surface area contributed by atoms with Crippen molar-refractivity contribution in [3.8, 4) is 51.7 Å². The molecule has 52 heavy (non-hydrogen) atoms. The van der Waals surface area contributed by atoms with Gasteiger partial charge >= 0.3 is 0 Å². The SMILES string of the molecule is NC(=O)[C@@H](CCCCNC(=O)c1cc(O)c(O)c(O)c1)NC(=O)[C@@H](CCCCNC(=O)c1cc(O)c(O)c(O)c1)NC(=O)c1cc(O)c(O)c(O)c1. The van der Waals surface area contributed by atoms with Crippen molar-refractivity contribution in [2.45, 2.75) is 50.6 Å². The lowest BCUT2D eigenvalue weighted by atomic mass is 10.0. The van der Waals surface area contributed by atoms with E-state index >= 15 is 0 Å². The van der Waals surface area contributed by atoms with Crippen LogP contribution in [-0.2, 0) is 9.59 Å². The number of phenols is 9. The summed E-state index contributed by atoms with van der Waals surface area (Å²) in [5.74, 6) is -10.9. The molecule has 0 unspecified atom stereocenters. The summed E-state index contributed by atoms with van der Waals surface area (Å²) in [5.41, 5.74) is 4.92. The van der Waals surface area contributed by atoms with E-state index in [1.807, 2.05) is 0 Å². The van der Waals surface area contributed by atoms with Gasteiger partial charge in [0.1, 0.15) is 12.1 Å². The first kappa shape index (κ1) is 39.6. The normalized spacial score (nSPS) is 11.9. The number of hydrogen-bond acceptors (Lipinski definition) is 14. The van der Waals surface area contributed by atoms with Crippen LogP contribution in [0.25, 0.3) is 0 Å². The summed E-state index contributed by atoms with van der Waals surface area (Å²) < 4.78 is 0. The number of carbonyl (C=O) groups excluding carboxylic acids is 5. The van der Waals surface area contributed by atoms with Gasteiger partial charge in [-0.25, -0.2) is 0 Å². The first-order valence-corrected chi connectivity index (χ1v) is 15.7. The van der Waals surface area contributed by atoms with Crippen molar-refractivity contribution in [3.05, 3.63) is 53.1 Å². The number of phenolic OH excluding ortho intramolecular Hbond substituents is 9. The number of carbonyl (C=O) groups is 5. The van der Waals surface area contributed by atoms with Crippen LogP contribution in [0.4, 0.5) is 0 Å². The third kappa shape index (κ3) is 10.6. The van der Waals surface area contributed by atoms with Gasteiger partial charge in [-0.1, -0.05) is 0 Å². The molecule has 0 fully saturated rings. The van der Waals surface area contributed by atoms with Crippen LogP contribution in [-0.4, -0.2) is 101 Å². The zero-order valence-corrected chi connectivity index (χ0v) is 27.4. The van der Waals surface area contributed by atoms with Crippen molar-refractivity contribution in [2.75, 3.05) is 13.1 Å². The Kier molecular flexibility index (Phi) is 13.5. The molecule has 0 saturated carbocycles. The molecule has 0 spiro atoms. The van der Waals surface area contributed by atoms with E-state index in [1.165, 1.54) is 0 Å². The Morgan fingerprint density at radius 1 is 0.481 bits per heavy atom. The maximum atomic E-state index is 13.3. The van der Waals surface area contributed by atoms with E-state index < -0.39 is 93.4 Å². The third-order valence-electron chi connectivity index (χ3n) is 7.69. The Bertz CT molecular complexity index is 1760. The second-order valence-electron chi connectivity index (χ2n) is 11.6. The summed E-state index contributed by atoms with van der Waals surface area (Å²) in [4.78, 5) is 63.3. The lowest BCUT2D eigenvalue weighted by Gasteiger charge is -2.22. The van der Waals surface area contributed by atoms with Crippen LogP contribution in [0, 0.1) is 0 Å². The van der Waals surface area contributed by atoms with Gasteiger partial charge in [-0.05, 0) is 74.9 Å². The number of amides is 5. The molecule has 2 atom stereocenters. The highest BCUT2D eigenvalue weighted by molar-refractivity contribution is 5.99. The quantitative estimate of drug-likeness (QED) is 0.0657. The Hall–Kier alpha value is -6.79. The molecule has 0 aliphatic rings. The van der Waals surface area contributed by atoms with Crippen molar-refractivity contribution < 1.29 is 69.9 Å². The minimum Gasteiger partial charge on any atom is -0.504 e. The molecule has 3 aromatic carbocycles. The number of rotatable bonds is 17. The molecule has 19 heteroatoms. The molecule has 3 aromatic rings. The fraction of sp³-hybridized carbons (Fsp3) is 0.303. The summed E-state index contributed by atoms with van der Waals surface area (Å²) in [6, 6.07) is 2.98. The van der Waals surface area contributed by atoms with E-state index in [2.05, 4.69) is 21.3 Å². The van der Waals surface area contributed by atoms with Gasteiger partial charge in [0.05, 0.1) is 0 Å². The molecular weight excluding hydrogens is 690 g/mol. The molecule has 0 aliphatic carbocycles. The molecule has 0 bridgehead atoms. The highest BCUT2D eigenvalue weighted by atomic mass is 16.3. The largest absolute Gasteiger partial charge is 0.504 e.